The molecule has 1 N–H and O–H groups in total. The zero-order valence-electron chi connectivity index (χ0n) is 17.1. The van der Waals surface area contributed by atoms with Crippen molar-refractivity contribution in [3.8, 4) is 11.5 Å². The van der Waals surface area contributed by atoms with Crippen LogP contribution in [-0.4, -0.2) is 22.7 Å². The summed E-state index contributed by atoms with van der Waals surface area (Å²) in [6.07, 6.45) is 1.05. The van der Waals surface area contributed by atoms with Crippen molar-refractivity contribution in [2.45, 2.75) is 6.92 Å². The number of allylic oxidation sites excluding steroid dienone is 1. The maximum absolute atomic E-state index is 13.1. The summed E-state index contributed by atoms with van der Waals surface area (Å²) in [5, 5.41) is 2.42. The fraction of sp³-hybridized carbons (Fsp3) is 0.0400. The van der Waals surface area contributed by atoms with Crippen molar-refractivity contribution in [2.24, 2.45) is 0 Å². The molecule has 3 aromatic rings. The molecule has 6 nitrogen and oxygen atoms in total. The van der Waals surface area contributed by atoms with Gasteiger partial charge in [-0.3, -0.25) is 24.6 Å². The lowest BCUT2D eigenvalue weighted by molar-refractivity contribution is -0.122. The molecule has 3 aromatic carbocycles. The number of ether oxygens (including phenoxy) is 1. The SMILES string of the molecule is Cc1ccc(C(=O)C=C2C(=O)NC(=S)N(c3ccc(Oc4ccccc4)cc3)C2=O)cc1. The number of para-hydroxylation sites is 1. The van der Waals surface area contributed by atoms with Crippen LogP contribution in [0.5, 0.6) is 11.5 Å². The van der Waals surface area contributed by atoms with Gasteiger partial charge in [0.25, 0.3) is 11.8 Å². The van der Waals surface area contributed by atoms with Crippen LogP contribution in [0.15, 0.2) is 90.5 Å². The van der Waals surface area contributed by atoms with Crippen molar-refractivity contribution < 1.29 is 19.1 Å². The third-order valence-corrected chi connectivity index (χ3v) is 5.07. The number of ketones is 1. The summed E-state index contributed by atoms with van der Waals surface area (Å²) >= 11 is 5.21. The molecule has 0 atom stereocenters. The summed E-state index contributed by atoms with van der Waals surface area (Å²) in [5.41, 5.74) is 1.53. The summed E-state index contributed by atoms with van der Waals surface area (Å²) in [6.45, 7) is 1.90. The van der Waals surface area contributed by atoms with Gasteiger partial charge in [-0.1, -0.05) is 48.0 Å². The molecule has 158 valence electrons. The quantitative estimate of drug-likeness (QED) is 0.275. The number of hydrogen-bond donors (Lipinski definition) is 1. The van der Waals surface area contributed by atoms with E-state index in [0.29, 0.717) is 22.7 Å². The summed E-state index contributed by atoms with van der Waals surface area (Å²) in [5.74, 6) is -0.568. The Bertz CT molecular complexity index is 1230. The molecule has 7 heteroatoms. The van der Waals surface area contributed by atoms with E-state index in [1.165, 1.54) is 4.90 Å². The van der Waals surface area contributed by atoms with Crippen LogP contribution in [0.1, 0.15) is 15.9 Å². The topological polar surface area (TPSA) is 75.7 Å². The third kappa shape index (κ3) is 4.48. The second kappa shape index (κ2) is 8.95. The van der Waals surface area contributed by atoms with E-state index in [1.54, 1.807) is 48.5 Å². The predicted octanol–water partition coefficient (Wildman–Crippen LogP) is 4.34. The number of benzene rings is 3. The van der Waals surface area contributed by atoms with E-state index < -0.39 is 17.6 Å². The maximum Gasteiger partial charge on any atom is 0.270 e. The number of nitrogens with zero attached hydrogens (tertiary/aromatic N) is 1. The molecule has 0 aromatic heterocycles. The molecule has 2 amide bonds. The highest BCUT2D eigenvalue weighted by Gasteiger charge is 2.35. The van der Waals surface area contributed by atoms with Crippen molar-refractivity contribution in [1.82, 2.24) is 5.32 Å². The number of amides is 2. The van der Waals surface area contributed by atoms with Gasteiger partial charge < -0.3 is 4.74 Å². The highest BCUT2D eigenvalue weighted by Crippen LogP contribution is 2.26. The van der Waals surface area contributed by atoms with Gasteiger partial charge in [-0.2, -0.15) is 0 Å². The molecule has 1 saturated heterocycles. The van der Waals surface area contributed by atoms with Gasteiger partial charge in [0.1, 0.15) is 17.1 Å². The Morgan fingerprint density at radius 3 is 2.19 bits per heavy atom. The summed E-state index contributed by atoms with van der Waals surface area (Å²) < 4.78 is 5.76. The second-order valence-electron chi connectivity index (χ2n) is 7.10. The van der Waals surface area contributed by atoms with Crippen LogP contribution in [0.2, 0.25) is 0 Å². The Morgan fingerprint density at radius 2 is 1.53 bits per heavy atom. The van der Waals surface area contributed by atoms with E-state index in [4.69, 9.17) is 17.0 Å². The zero-order valence-corrected chi connectivity index (χ0v) is 17.9. The van der Waals surface area contributed by atoms with E-state index in [0.717, 1.165) is 11.6 Å². The van der Waals surface area contributed by atoms with Gasteiger partial charge >= 0.3 is 0 Å². The lowest BCUT2D eigenvalue weighted by Gasteiger charge is -2.28. The van der Waals surface area contributed by atoms with Crippen molar-refractivity contribution in [1.29, 1.82) is 0 Å². The zero-order chi connectivity index (χ0) is 22.7. The molecule has 1 aliphatic rings. The third-order valence-electron chi connectivity index (χ3n) is 4.79. The Balaban J connectivity index is 1.58. The van der Waals surface area contributed by atoms with Gasteiger partial charge in [0.2, 0.25) is 0 Å². The normalized spacial score (nSPS) is 15.0. The Hall–Kier alpha value is -4.10. The van der Waals surface area contributed by atoms with Gasteiger partial charge in [-0.05, 0) is 55.5 Å². The molecule has 0 unspecified atom stereocenters. The fourth-order valence-corrected chi connectivity index (χ4v) is 3.39. The van der Waals surface area contributed by atoms with E-state index in [-0.39, 0.29) is 10.7 Å². The molecule has 0 saturated carbocycles. The number of carbonyl (C=O) groups is 3. The van der Waals surface area contributed by atoms with Gasteiger partial charge in [0.15, 0.2) is 10.9 Å². The largest absolute Gasteiger partial charge is 0.457 e. The van der Waals surface area contributed by atoms with Crippen LogP contribution < -0.4 is 15.0 Å². The van der Waals surface area contributed by atoms with E-state index in [1.807, 2.05) is 37.3 Å². The smallest absolute Gasteiger partial charge is 0.270 e. The van der Waals surface area contributed by atoms with Crippen molar-refractivity contribution in [3.05, 3.63) is 102 Å². The molecule has 0 radical (unpaired) electrons. The standard InChI is InChI=1S/C25H18N2O4S/c1-16-7-9-17(10-8-16)22(28)15-21-23(29)26-25(32)27(24(21)30)18-11-13-20(14-12-18)31-19-5-3-2-4-6-19/h2-15H,1H3,(H,26,29,32). The maximum atomic E-state index is 13.1. The first-order chi connectivity index (χ1) is 15.4. The molecule has 32 heavy (non-hydrogen) atoms. The first kappa shape index (κ1) is 21.1. The highest BCUT2D eigenvalue weighted by atomic mass is 32.1. The lowest BCUT2D eigenvalue weighted by Crippen LogP contribution is -2.54. The van der Waals surface area contributed by atoms with Crippen LogP contribution in [0.3, 0.4) is 0 Å². The van der Waals surface area contributed by atoms with E-state index in [9.17, 15) is 14.4 Å². The number of carbonyl (C=O) groups excluding carboxylic acids is 3. The van der Waals surface area contributed by atoms with Crippen LogP contribution in [-0.2, 0) is 9.59 Å². The average molecular weight is 442 g/mol. The van der Waals surface area contributed by atoms with Gasteiger partial charge in [-0.15, -0.1) is 0 Å². The molecule has 1 aliphatic heterocycles. The number of hydrogen-bond acceptors (Lipinski definition) is 5. The average Bonchev–Trinajstić information content (AvgIpc) is 2.79. The van der Waals surface area contributed by atoms with E-state index in [2.05, 4.69) is 5.32 Å². The Kier molecular flexibility index (Phi) is 5.91. The second-order valence-corrected chi connectivity index (χ2v) is 7.48. The van der Waals surface area contributed by atoms with Gasteiger partial charge in [-0.25, -0.2) is 0 Å². The first-order valence-corrected chi connectivity index (χ1v) is 10.2. The highest BCUT2D eigenvalue weighted by molar-refractivity contribution is 7.80. The predicted molar refractivity (Wildman–Crippen MR) is 125 cm³/mol. The minimum absolute atomic E-state index is 0.0586. The van der Waals surface area contributed by atoms with Gasteiger partial charge in [0.05, 0.1) is 5.69 Å². The van der Waals surface area contributed by atoms with Crippen molar-refractivity contribution >= 4 is 40.6 Å². The minimum Gasteiger partial charge on any atom is -0.457 e. The lowest BCUT2D eigenvalue weighted by atomic mass is 10.0. The number of thiocarbonyl (C=S) groups is 1. The van der Waals surface area contributed by atoms with Crippen LogP contribution >= 0.6 is 12.2 Å². The Morgan fingerprint density at radius 1 is 0.906 bits per heavy atom. The van der Waals surface area contributed by atoms with Crippen LogP contribution in [0.25, 0.3) is 0 Å². The summed E-state index contributed by atoms with van der Waals surface area (Å²) in [6, 6.07) is 22.8. The molecule has 0 aliphatic carbocycles. The molecular weight excluding hydrogens is 424 g/mol. The number of nitrogens with one attached hydrogen (secondary N) is 1. The summed E-state index contributed by atoms with van der Waals surface area (Å²) in [7, 11) is 0. The fourth-order valence-electron chi connectivity index (χ4n) is 3.11. The van der Waals surface area contributed by atoms with Crippen LogP contribution in [0, 0.1) is 6.92 Å². The molecule has 0 bridgehead atoms. The molecule has 1 heterocycles. The first-order valence-electron chi connectivity index (χ1n) is 9.78. The minimum atomic E-state index is -0.708. The number of aryl methyl sites for hydroxylation is 1. The molecule has 0 spiro atoms. The monoisotopic (exact) mass is 442 g/mol. The van der Waals surface area contributed by atoms with Gasteiger partial charge in [0, 0.05) is 11.6 Å². The molecule has 1 fully saturated rings. The van der Waals surface area contributed by atoms with Crippen LogP contribution in [0.4, 0.5) is 5.69 Å². The van der Waals surface area contributed by atoms with Crippen molar-refractivity contribution in [2.75, 3.05) is 4.90 Å². The molecule has 4 rings (SSSR count). The molecular formula is C25H18N2O4S. The van der Waals surface area contributed by atoms with E-state index >= 15 is 0 Å². The number of anilines is 1. The summed E-state index contributed by atoms with van der Waals surface area (Å²) in [4.78, 5) is 39.2. The Labute approximate surface area is 190 Å². The van der Waals surface area contributed by atoms with Crippen molar-refractivity contribution in [3.63, 3.8) is 0 Å². The number of rotatable bonds is 5.